The van der Waals surface area contributed by atoms with Crippen molar-refractivity contribution in [1.29, 1.82) is 5.26 Å². The number of para-hydroxylation sites is 1. The summed E-state index contributed by atoms with van der Waals surface area (Å²) in [5.41, 5.74) is 0.919. The topological polar surface area (TPSA) is 99.1 Å². The fourth-order valence-corrected chi connectivity index (χ4v) is 3.47. The molecule has 0 aromatic heterocycles. The molecule has 6 nitrogen and oxygen atoms in total. The number of hydrogen-bond acceptors (Lipinski definition) is 4. The lowest BCUT2D eigenvalue weighted by molar-refractivity contribution is 0.102. The lowest BCUT2D eigenvalue weighted by atomic mass is 10.1. The second-order valence-corrected chi connectivity index (χ2v) is 7.51. The van der Waals surface area contributed by atoms with E-state index in [0.717, 1.165) is 19.3 Å². The van der Waals surface area contributed by atoms with Crippen LogP contribution in [0, 0.1) is 11.3 Å². The summed E-state index contributed by atoms with van der Waals surface area (Å²) in [6, 6.07) is 14.4. The quantitative estimate of drug-likeness (QED) is 0.696. The molecule has 0 aliphatic heterocycles. The van der Waals surface area contributed by atoms with Crippen molar-refractivity contribution in [2.75, 3.05) is 11.9 Å². The molecule has 2 aromatic rings. The van der Waals surface area contributed by atoms with Gasteiger partial charge in [0, 0.05) is 12.1 Å². The van der Waals surface area contributed by atoms with E-state index in [9.17, 15) is 13.2 Å². The van der Waals surface area contributed by atoms with E-state index in [1.165, 1.54) is 24.3 Å². The van der Waals surface area contributed by atoms with E-state index in [1.807, 2.05) is 13.0 Å². The first-order chi connectivity index (χ1) is 12.5. The third-order valence-electron chi connectivity index (χ3n) is 3.77. The van der Waals surface area contributed by atoms with E-state index in [2.05, 4.69) is 10.0 Å². The summed E-state index contributed by atoms with van der Waals surface area (Å²) in [7, 11) is -3.66. The zero-order valence-electron chi connectivity index (χ0n) is 14.5. The molecular weight excluding hydrogens is 350 g/mol. The van der Waals surface area contributed by atoms with E-state index in [-0.39, 0.29) is 10.5 Å². The van der Waals surface area contributed by atoms with Crippen LogP contribution in [-0.2, 0) is 10.0 Å². The number of hydrogen-bond donors (Lipinski definition) is 2. The van der Waals surface area contributed by atoms with Crippen molar-refractivity contribution in [3.8, 4) is 6.07 Å². The molecule has 1 amide bonds. The molecule has 0 unspecified atom stereocenters. The van der Waals surface area contributed by atoms with Gasteiger partial charge in [0.15, 0.2) is 0 Å². The Morgan fingerprint density at radius 1 is 1.12 bits per heavy atom. The number of amides is 1. The number of sulfonamides is 1. The van der Waals surface area contributed by atoms with Crippen LogP contribution >= 0.6 is 0 Å². The molecule has 0 aliphatic carbocycles. The average Bonchev–Trinajstić information content (AvgIpc) is 2.66. The van der Waals surface area contributed by atoms with Crippen molar-refractivity contribution in [2.45, 2.75) is 31.1 Å². The number of nitriles is 1. The highest BCUT2D eigenvalue weighted by molar-refractivity contribution is 7.89. The molecule has 0 spiro atoms. The fraction of sp³-hybridized carbons (Fsp3) is 0.263. The molecule has 7 heteroatoms. The maximum Gasteiger partial charge on any atom is 0.255 e. The summed E-state index contributed by atoms with van der Waals surface area (Å²) in [5, 5.41) is 11.7. The molecule has 0 radical (unpaired) electrons. The van der Waals surface area contributed by atoms with Crippen molar-refractivity contribution in [3.05, 3.63) is 59.7 Å². The summed E-state index contributed by atoms with van der Waals surface area (Å²) in [5.74, 6) is -0.476. The second kappa shape index (κ2) is 9.13. The Morgan fingerprint density at radius 2 is 1.88 bits per heavy atom. The van der Waals surface area contributed by atoms with Crippen molar-refractivity contribution in [3.63, 3.8) is 0 Å². The molecule has 0 bridgehead atoms. The van der Waals surface area contributed by atoms with Crippen LogP contribution in [0.1, 0.15) is 42.1 Å². The fourth-order valence-electron chi connectivity index (χ4n) is 2.35. The highest BCUT2D eigenvalue weighted by Crippen LogP contribution is 2.17. The standard InChI is InChI=1S/C19H21N3O3S/c1-2-3-6-12-21-26(24,25)17-10-7-9-15(13-17)19(23)22-18-11-5-4-8-16(18)14-20/h4-5,7-11,13,21H,2-3,6,12H2,1H3,(H,22,23). The summed E-state index contributed by atoms with van der Waals surface area (Å²) in [4.78, 5) is 12.5. The number of anilines is 1. The van der Waals surface area contributed by atoms with Gasteiger partial charge in [0.2, 0.25) is 10.0 Å². The summed E-state index contributed by atoms with van der Waals surface area (Å²) in [6.07, 6.45) is 2.71. The molecule has 0 fully saturated rings. The predicted molar refractivity (Wildman–Crippen MR) is 100 cm³/mol. The minimum atomic E-state index is -3.66. The summed E-state index contributed by atoms with van der Waals surface area (Å²) >= 11 is 0. The third kappa shape index (κ3) is 5.15. The predicted octanol–water partition coefficient (Wildman–Crippen LogP) is 3.28. The molecule has 0 saturated heterocycles. The second-order valence-electron chi connectivity index (χ2n) is 5.74. The lowest BCUT2D eigenvalue weighted by Gasteiger charge is -2.09. The molecule has 2 rings (SSSR count). The van der Waals surface area contributed by atoms with E-state index >= 15 is 0 Å². The van der Waals surface area contributed by atoms with Crippen molar-refractivity contribution >= 4 is 21.6 Å². The van der Waals surface area contributed by atoms with Gasteiger partial charge in [-0.25, -0.2) is 13.1 Å². The van der Waals surface area contributed by atoms with Gasteiger partial charge in [0.1, 0.15) is 6.07 Å². The van der Waals surface area contributed by atoms with E-state index in [4.69, 9.17) is 5.26 Å². The Kier molecular flexibility index (Phi) is 6.89. The van der Waals surface area contributed by atoms with E-state index < -0.39 is 15.9 Å². The van der Waals surface area contributed by atoms with Crippen LogP contribution in [0.2, 0.25) is 0 Å². The maximum absolute atomic E-state index is 12.4. The Hall–Kier alpha value is -2.69. The molecule has 136 valence electrons. The van der Waals surface area contributed by atoms with Gasteiger partial charge in [-0.1, -0.05) is 38.0 Å². The zero-order chi connectivity index (χ0) is 19.0. The molecule has 2 N–H and O–H groups in total. The number of nitrogens with zero attached hydrogens (tertiary/aromatic N) is 1. The van der Waals surface area contributed by atoms with Gasteiger partial charge in [0.05, 0.1) is 16.1 Å². The molecule has 0 aliphatic rings. The minimum Gasteiger partial charge on any atom is -0.321 e. The Labute approximate surface area is 153 Å². The molecule has 2 aromatic carbocycles. The van der Waals surface area contributed by atoms with Gasteiger partial charge in [-0.05, 0) is 36.8 Å². The van der Waals surface area contributed by atoms with Crippen LogP contribution in [0.15, 0.2) is 53.4 Å². The van der Waals surface area contributed by atoms with Gasteiger partial charge in [-0.3, -0.25) is 4.79 Å². The Balaban J connectivity index is 2.15. The zero-order valence-corrected chi connectivity index (χ0v) is 15.3. The maximum atomic E-state index is 12.4. The van der Waals surface area contributed by atoms with Crippen LogP contribution < -0.4 is 10.0 Å². The first-order valence-electron chi connectivity index (χ1n) is 8.38. The van der Waals surface area contributed by atoms with E-state index in [0.29, 0.717) is 17.8 Å². The van der Waals surface area contributed by atoms with Crippen LogP contribution in [0.4, 0.5) is 5.69 Å². The van der Waals surface area contributed by atoms with Crippen LogP contribution in [-0.4, -0.2) is 20.9 Å². The van der Waals surface area contributed by atoms with Gasteiger partial charge >= 0.3 is 0 Å². The van der Waals surface area contributed by atoms with Crippen molar-refractivity contribution in [2.24, 2.45) is 0 Å². The largest absolute Gasteiger partial charge is 0.321 e. The summed E-state index contributed by atoms with van der Waals surface area (Å²) in [6.45, 7) is 2.41. The first-order valence-corrected chi connectivity index (χ1v) is 9.86. The van der Waals surface area contributed by atoms with Gasteiger partial charge in [-0.15, -0.1) is 0 Å². The van der Waals surface area contributed by atoms with Gasteiger partial charge in [0.25, 0.3) is 5.91 Å². The normalized spacial score (nSPS) is 10.9. The SMILES string of the molecule is CCCCCNS(=O)(=O)c1cccc(C(=O)Nc2ccccc2C#N)c1. The Bertz CT molecular complexity index is 918. The number of nitrogens with one attached hydrogen (secondary N) is 2. The number of carbonyl (C=O) groups excluding carboxylic acids is 1. The number of rotatable bonds is 8. The first kappa shape index (κ1) is 19.6. The smallest absolute Gasteiger partial charge is 0.255 e. The molecule has 0 saturated carbocycles. The molecular formula is C19H21N3O3S. The van der Waals surface area contributed by atoms with Crippen molar-refractivity contribution in [1.82, 2.24) is 4.72 Å². The van der Waals surface area contributed by atoms with Gasteiger partial charge < -0.3 is 5.32 Å². The van der Waals surface area contributed by atoms with Crippen LogP contribution in [0.5, 0.6) is 0 Å². The highest BCUT2D eigenvalue weighted by atomic mass is 32.2. The highest BCUT2D eigenvalue weighted by Gasteiger charge is 2.16. The number of unbranched alkanes of at least 4 members (excludes halogenated alkanes) is 2. The molecule has 26 heavy (non-hydrogen) atoms. The monoisotopic (exact) mass is 371 g/mol. The van der Waals surface area contributed by atoms with Crippen LogP contribution in [0.3, 0.4) is 0 Å². The van der Waals surface area contributed by atoms with E-state index in [1.54, 1.807) is 24.3 Å². The lowest BCUT2D eigenvalue weighted by Crippen LogP contribution is -2.25. The number of benzene rings is 2. The van der Waals surface area contributed by atoms with Crippen LogP contribution in [0.25, 0.3) is 0 Å². The van der Waals surface area contributed by atoms with Gasteiger partial charge in [-0.2, -0.15) is 5.26 Å². The Morgan fingerprint density at radius 3 is 2.62 bits per heavy atom. The minimum absolute atomic E-state index is 0.0372. The third-order valence-corrected chi connectivity index (χ3v) is 5.23. The number of carbonyl (C=O) groups is 1. The molecule has 0 atom stereocenters. The average molecular weight is 371 g/mol. The summed E-state index contributed by atoms with van der Waals surface area (Å²) < 4.78 is 27.2. The molecule has 0 heterocycles. The van der Waals surface area contributed by atoms with Crippen molar-refractivity contribution < 1.29 is 13.2 Å².